The van der Waals surface area contributed by atoms with E-state index in [0.29, 0.717) is 12.1 Å². The van der Waals surface area contributed by atoms with Crippen molar-refractivity contribution < 1.29 is 9.47 Å². The van der Waals surface area contributed by atoms with E-state index in [-0.39, 0.29) is 0 Å². The molecule has 1 aliphatic heterocycles. The number of hydrogen-bond donors (Lipinski definition) is 0. The van der Waals surface area contributed by atoms with Crippen LogP contribution in [0.4, 0.5) is 5.69 Å². The summed E-state index contributed by atoms with van der Waals surface area (Å²) < 4.78 is 11.0. The average molecular weight is 298 g/mol. The van der Waals surface area contributed by atoms with Crippen molar-refractivity contribution in [1.29, 1.82) is 0 Å². The number of aryl methyl sites for hydroxylation is 1. The van der Waals surface area contributed by atoms with Gasteiger partial charge in [0.15, 0.2) is 0 Å². The molecule has 1 saturated carbocycles. The third-order valence-electron chi connectivity index (χ3n) is 4.93. The molecular weight excluding hydrogens is 276 g/mol. The van der Waals surface area contributed by atoms with Crippen LogP contribution in [0.25, 0.3) is 10.9 Å². The maximum Gasteiger partial charge on any atom is 0.148 e. The summed E-state index contributed by atoms with van der Waals surface area (Å²) in [4.78, 5) is 7.44. The number of benzene rings is 1. The first-order chi connectivity index (χ1) is 10.6. The van der Waals surface area contributed by atoms with Crippen molar-refractivity contribution in [3.05, 3.63) is 23.4 Å². The standard InChI is InChI=1S/C18H22N2O2/c1-10-7-14-11(2)19-17-15(18(14)20(10)12-5-6-12)8-13(21-3)9-16(17)22-4/h8-10,12H,5-7H2,1-4H3. The summed E-state index contributed by atoms with van der Waals surface area (Å²) in [5.41, 5.74) is 4.82. The highest BCUT2D eigenvalue weighted by atomic mass is 16.5. The first-order valence-electron chi connectivity index (χ1n) is 7.97. The van der Waals surface area contributed by atoms with Gasteiger partial charge in [0.05, 0.1) is 19.9 Å². The summed E-state index contributed by atoms with van der Waals surface area (Å²) in [6, 6.07) is 5.27. The van der Waals surface area contributed by atoms with Crippen molar-refractivity contribution in [1.82, 2.24) is 4.98 Å². The second-order valence-corrected chi connectivity index (χ2v) is 6.44. The van der Waals surface area contributed by atoms with Crippen molar-refractivity contribution in [2.75, 3.05) is 19.1 Å². The maximum atomic E-state index is 5.56. The first kappa shape index (κ1) is 13.7. The Kier molecular flexibility index (Phi) is 2.96. The van der Waals surface area contributed by atoms with Gasteiger partial charge in [0.2, 0.25) is 0 Å². The lowest BCUT2D eigenvalue weighted by Gasteiger charge is -2.26. The molecule has 1 aliphatic carbocycles. The van der Waals surface area contributed by atoms with Gasteiger partial charge in [0.25, 0.3) is 0 Å². The quantitative estimate of drug-likeness (QED) is 0.869. The molecule has 2 aromatic rings. The highest BCUT2D eigenvalue weighted by molar-refractivity contribution is 5.99. The molecule has 0 radical (unpaired) electrons. The monoisotopic (exact) mass is 298 g/mol. The van der Waals surface area contributed by atoms with Gasteiger partial charge in [-0.2, -0.15) is 0 Å². The van der Waals surface area contributed by atoms with Gasteiger partial charge >= 0.3 is 0 Å². The van der Waals surface area contributed by atoms with E-state index in [1.54, 1.807) is 14.2 Å². The number of pyridine rings is 1. The van der Waals surface area contributed by atoms with Gasteiger partial charge in [-0.25, -0.2) is 4.98 Å². The number of nitrogens with zero attached hydrogens (tertiary/aromatic N) is 2. The normalized spacial score (nSPS) is 20.4. The Labute approximate surface area is 131 Å². The molecule has 1 aromatic carbocycles. The fraction of sp³-hybridized carbons (Fsp3) is 0.500. The Morgan fingerprint density at radius 3 is 2.59 bits per heavy atom. The van der Waals surface area contributed by atoms with E-state index in [9.17, 15) is 0 Å². The van der Waals surface area contributed by atoms with Crippen molar-refractivity contribution >= 4 is 16.6 Å². The molecule has 2 aliphatic rings. The molecule has 1 aromatic heterocycles. The predicted molar refractivity (Wildman–Crippen MR) is 88.3 cm³/mol. The molecule has 0 saturated heterocycles. The summed E-state index contributed by atoms with van der Waals surface area (Å²) in [7, 11) is 3.39. The SMILES string of the molecule is COc1cc(OC)c2nc(C)c3c(c2c1)N(C1CC1)C(C)C3. The van der Waals surface area contributed by atoms with E-state index < -0.39 is 0 Å². The third-order valence-corrected chi connectivity index (χ3v) is 4.93. The van der Waals surface area contributed by atoms with Crippen LogP contribution in [0.3, 0.4) is 0 Å². The third kappa shape index (κ3) is 1.86. The minimum atomic E-state index is 0.547. The number of methoxy groups -OCH3 is 2. The minimum Gasteiger partial charge on any atom is -0.497 e. The second-order valence-electron chi connectivity index (χ2n) is 6.44. The van der Waals surface area contributed by atoms with Crippen LogP contribution in [0.1, 0.15) is 31.0 Å². The molecule has 22 heavy (non-hydrogen) atoms. The van der Waals surface area contributed by atoms with Gasteiger partial charge < -0.3 is 14.4 Å². The van der Waals surface area contributed by atoms with Gasteiger partial charge in [0.1, 0.15) is 17.0 Å². The Morgan fingerprint density at radius 2 is 1.95 bits per heavy atom. The first-order valence-corrected chi connectivity index (χ1v) is 7.97. The average Bonchev–Trinajstić information content (AvgIpc) is 3.29. The molecule has 1 unspecified atom stereocenters. The number of rotatable bonds is 3. The summed E-state index contributed by atoms with van der Waals surface area (Å²) in [5, 5.41) is 1.16. The number of aromatic nitrogens is 1. The van der Waals surface area contributed by atoms with Crippen molar-refractivity contribution in [2.45, 2.75) is 45.2 Å². The lowest BCUT2D eigenvalue weighted by atomic mass is 10.0. The summed E-state index contributed by atoms with van der Waals surface area (Å²) in [5.74, 6) is 1.61. The summed E-state index contributed by atoms with van der Waals surface area (Å²) >= 11 is 0. The molecule has 1 atom stereocenters. The number of fused-ring (bicyclic) bond motifs is 3. The van der Waals surface area contributed by atoms with Crippen LogP contribution >= 0.6 is 0 Å². The van der Waals surface area contributed by atoms with Crippen molar-refractivity contribution in [3.63, 3.8) is 0 Å². The van der Waals surface area contributed by atoms with E-state index in [0.717, 1.165) is 34.5 Å². The zero-order chi connectivity index (χ0) is 15.4. The molecule has 0 spiro atoms. The fourth-order valence-electron chi connectivity index (χ4n) is 3.77. The van der Waals surface area contributed by atoms with Crippen LogP contribution < -0.4 is 14.4 Å². The van der Waals surface area contributed by atoms with Crippen LogP contribution in [0.2, 0.25) is 0 Å². The predicted octanol–water partition coefficient (Wildman–Crippen LogP) is 3.47. The molecule has 2 heterocycles. The maximum absolute atomic E-state index is 5.56. The smallest absolute Gasteiger partial charge is 0.148 e. The van der Waals surface area contributed by atoms with Crippen molar-refractivity contribution in [3.8, 4) is 11.5 Å². The van der Waals surface area contributed by atoms with Gasteiger partial charge in [-0.05, 0) is 44.7 Å². The minimum absolute atomic E-state index is 0.547. The van der Waals surface area contributed by atoms with E-state index in [2.05, 4.69) is 24.8 Å². The topological polar surface area (TPSA) is 34.6 Å². The Bertz CT molecular complexity index is 753. The largest absolute Gasteiger partial charge is 0.497 e. The lowest BCUT2D eigenvalue weighted by Crippen LogP contribution is -2.31. The fourth-order valence-corrected chi connectivity index (χ4v) is 3.77. The van der Waals surface area contributed by atoms with Gasteiger partial charge in [0, 0.05) is 29.2 Å². The molecule has 1 fully saturated rings. The summed E-state index contributed by atoms with van der Waals surface area (Å²) in [6.07, 6.45) is 3.68. The van der Waals surface area contributed by atoms with Crippen LogP contribution in [0, 0.1) is 6.92 Å². The number of ether oxygens (including phenoxy) is 2. The highest BCUT2D eigenvalue weighted by Gasteiger charge is 2.39. The Balaban J connectivity index is 2.05. The van der Waals surface area contributed by atoms with Crippen molar-refractivity contribution in [2.24, 2.45) is 0 Å². The molecule has 4 rings (SSSR count). The van der Waals surface area contributed by atoms with E-state index in [4.69, 9.17) is 14.5 Å². The van der Waals surface area contributed by atoms with Crippen LogP contribution in [-0.2, 0) is 6.42 Å². The zero-order valence-electron chi connectivity index (χ0n) is 13.6. The number of anilines is 1. The van der Waals surface area contributed by atoms with E-state index >= 15 is 0 Å². The van der Waals surface area contributed by atoms with Gasteiger partial charge in [-0.3, -0.25) is 0 Å². The molecule has 4 nitrogen and oxygen atoms in total. The van der Waals surface area contributed by atoms with Crippen LogP contribution in [0.5, 0.6) is 11.5 Å². The summed E-state index contributed by atoms with van der Waals surface area (Å²) in [6.45, 7) is 4.44. The number of hydrogen-bond acceptors (Lipinski definition) is 4. The van der Waals surface area contributed by atoms with E-state index in [1.807, 2.05) is 6.07 Å². The van der Waals surface area contributed by atoms with Crippen LogP contribution in [-0.4, -0.2) is 31.3 Å². The molecule has 0 amide bonds. The Morgan fingerprint density at radius 1 is 1.18 bits per heavy atom. The second kappa shape index (κ2) is 4.77. The Hall–Kier alpha value is -1.97. The molecule has 4 heteroatoms. The van der Waals surface area contributed by atoms with E-state index in [1.165, 1.54) is 24.1 Å². The molecular formula is C18H22N2O2. The highest BCUT2D eigenvalue weighted by Crippen LogP contribution is 2.47. The molecule has 116 valence electrons. The molecule has 0 bridgehead atoms. The van der Waals surface area contributed by atoms with Crippen LogP contribution in [0.15, 0.2) is 12.1 Å². The zero-order valence-corrected chi connectivity index (χ0v) is 13.6. The van der Waals surface area contributed by atoms with Gasteiger partial charge in [-0.15, -0.1) is 0 Å². The lowest BCUT2D eigenvalue weighted by molar-refractivity contribution is 0.397. The van der Waals surface area contributed by atoms with Gasteiger partial charge in [-0.1, -0.05) is 0 Å². The molecule has 0 N–H and O–H groups in total.